The number of benzene rings is 1. The molecule has 0 aliphatic carbocycles. The lowest BCUT2D eigenvalue weighted by Gasteiger charge is -2.03. The summed E-state index contributed by atoms with van der Waals surface area (Å²) >= 11 is 3.13. The summed E-state index contributed by atoms with van der Waals surface area (Å²) in [6.07, 6.45) is -4.97. The Hall–Kier alpha value is -1.04. The van der Waals surface area contributed by atoms with E-state index in [-0.39, 0.29) is 12.0 Å². The van der Waals surface area contributed by atoms with Gasteiger partial charge in [0.1, 0.15) is 12.0 Å². The van der Waals surface area contributed by atoms with Gasteiger partial charge in [0.25, 0.3) is 0 Å². The summed E-state index contributed by atoms with van der Waals surface area (Å²) in [6, 6.07) is 5.94. The van der Waals surface area contributed by atoms with Crippen LogP contribution in [0.25, 0.3) is 0 Å². The Bertz CT molecular complexity index is 355. The largest absolute Gasteiger partial charge is 0.462 e. The molecule has 1 nitrogen and oxygen atoms in total. The SMILES string of the molecule is FC(=COc1ccc(Br)cc1)C(F)(F)F. The van der Waals surface area contributed by atoms with Crippen molar-refractivity contribution in [2.75, 3.05) is 0 Å². The fourth-order valence-corrected chi connectivity index (χ4v) is 0.964. The molecule has 6 heteroatoms. The third-order valence-electron chi connectivity index (χ3n) is 1.38. The van der Waals surface area contributed by atoms with Crippen molar-refractivity contribution in [3.8, 4) is 5.75 Å². The van der Waals surface area contributed by atoms with Gasteiger partial charge in [-0.2, -0.15) is 17.6 Å². The van der Waals surface area contributed by atoms with Crippen molar-refractivity contribution in [2.45, 2.75) is 6.18 Å². The van der Waals surface area contributed by atoms with Gasteiger partial charge < -0.3 is 4.74 Å². The zero-order valence-electron chi connectivity index (χ0n) is 7.18. The van der Waals surface area contributed by atoms with Gasteiger partial charge in [0.05, 0.1) is 0 Å². The van der Waals surface area contributed by atoms with E-state index in [0.29, 0.717) is 0 Å². The standard InChI is InChI=1S/C9H5BrF4O/c10-6-1-3-7(4-2-6)15-5-8(11)9(12,13)14/h1-5H. The Kier molecular flexibility index (Phi) is 3.73. The molecule has 0 bridgehead atoms. The second kappa shape index (κ2) is 4.65. The van der Waals surface area contributed by atoms with Crippen molar-refractivity contribution in [1.82, 2.24) is 0 Å². The van der Waals surface area contributed by atoms with Gasteiger partial charge >= 0.3 is 6.18 Å². The minimum Gasteiger partial charge on any atom is -0.462 e. The molecule has 0 heterocycles. The maximum Gasteiger partial charge on any atom is 0.446 e. The van der Waals surface area contributed by atoms with Crippen molar-refractivity contribution < 1.29 is 22.3 Å². The van der Waals surface area contributed by atoms with Gasteiger partial charge in [-0.05, 0) is 24.3 Å². The molecule has 0 aliphatic heterocycles. The summed E-state index contributed by atoms with van der Waals surface area (Å²) in [5.74, 6) is -2.15. The van der Waals surface area contributed by atoms with Crippen molar-refractivity contribution in [1.29, 1.82) is 0 Å². The van der Waals surface area contributed by atoms with E-state index in [0.717, 1.165) is 4.47 Å². The van der Waals surface area contributed by atoms with Crippen LogP contribution in [0.15, 0.2) is 40.8 Å². The zero-order chi connectivity index (χ0) is 11.5. The molecule has 0 aliphatic rings. The molecule has 0 fully saturated rings. The van der Waals surface area contributed by atoms with Crippen LogP contribution in [0.5, 0.6) is 5.75 Å². The highest BCUT2D eigenvalue weighted by Gasteiger charge is 2.35. The minimum atomic E-state index is -5.00. The molecule has 0 unspecified atom stereocenters. The van der Waals surface area contributed by atoms with Gasteiger partial charge in [0.15, 0.2) is 0 Å². The van der Waals surface area contributed by atoms with Crippen LogP contribution in [0.4, 0.5) is 17.6 Å². The van der Waals surface area contributed by atoms with Gasteiger partial charge in [-0.1, -0.05) is 15.9 Å². The van der Waals surface area contributed by atoms with Crippen LogP contribution < -0.4 is 4.74 Å². The maximum atomic E-state index is 12.3. The highest BCUT2D eigenvalue weighted by molar-refractivity contribution is 9.10. The Labute approximate surface area is 91.5 Å². The monoisotopic (exact) mass is 284 g/mol. The van der Waals surface area contributed by atoms with Gasteiger partial charge in [-0.25, -0.2) is 0 Å². The summed E-state index contributed by atoms with van der Waals surface area (Å²) in [4.78, 5) is 0. The molecule has 1 aromatic rings. The first-order chi connectivity index (χ1) is 6.89. The fourth-order valence-electron chi connectivity index (χ4n) is 0.700. The van der Waals surface area contributed by atoms with Crippen molar-refractivity contribution in [2.24, 2.45) is 0 Å². The van der Waals surface area contributed by atoms with E-state index in [1.807, 2.05) is 0 Å². The predicted octanol–water partition coefficient (Wildman–Crippen LogP) is 4.20. The summed E-state index contributed by atoms with van der Waals surface area (Å²) in [7, 11) is 0. The average molecular weight is 285 g/mol. The summed E-state index contributed by atoms with van der Waals surface area (Å²) in [6.45, 7) is 0. The van der Waals surface area contributed by atoms with Crippen LogP contribution in [0, 0.1) is 0 Å². The third-order valence-corrected chi connectivity index (χ3v) is 1.91. The van der Waals surface area contributed by atoms with Crippen LogP contribution in [0.2, 0.25) is 0 Å². The van der Waals surface area contributed by atoms with Gasteiger partial charge in [0.2, 0.25) is 5.83 Å². The lowest BCUT2D eigenvalue weighted by Crippen LogP contribution is -2.08. The van der Waals surface area contributed by atoms with E-state index in [9.17, 15) is 17.6 Å². The van der Waals surface area contributed by atoms with Gasteiger partial charge in [-0.3, -0.25) is 0 Å². The molecule has 82 valence electrons. The van der Waals surface area contributed by atoms with Crippen LogP contribution >= 0.6 is 15.9 Å². The number of rotatable bonds is 2. The topological polar surface area (TPSA) is 9.23 Å². The molecule has 1 aromatic carbocycles. The van der Waals surface area contributed by atoms with Gasteiger partial charge in [0, 0.05) is 4.47 Å². The molecule has 0 saturated carbocycles. The van der Waals surface area contributed by atoms with Crippen LogP contribution in [-0.4, -0.2) is 6.18 Å². The Balaban J connectivity index is 2.68. The third kappa shape index (κ3) is 3.91. The molecule has 0 spiro atoms. The summed E-state index contributed by atoms with van der Waals surface area (Å²) in [5, 5.41) is 0. The highest BCUT2D eigenvalue weighted by atomic mass is 79.9. The van der Waals surface area contributed by atoms with E-state index in [1.165, 1.54) is 12.1 Å². The molecule has 0 amide bonds. The lowest BCUT2D eigenvalue weighted by molar-refractivity contribution is -0.110. The lowest BCUT2D eigenvalue weighted by atomic mass is 10.3. The summed E-state index contributed by atoms with van der Waals surface area (Å²) in [5.41, 5.74) is 0. The smallest absolute Gasteiger partial charge is 0.446 e. The molecular formula is C9H5BrF4O. The molecule has 0 aromatic heterocycles. The number of halogens is 5. The normalized spacial score (nSPS) is 12.7. The van der Waals surface area contributed by atoms with Crippen LogP contribution in [0.3, 0.4) is 0 Å². The van der Waals surface area contributed by atoms with Crippen molar-refractivity contribution in [3.05, 3.63) is 40.8 Å². The first-order valence-electron chi connectivity index (χ1n) is 3.74. The zero-order valence-corrected chi connectivity index (χ0v) is 8.77. The van der Waals surface area contributed by atoms with Crippen LogP contribution in [0.1, 0.15) is 0 Å². The van der Waals surface area contributed by atoms with Crippen molar-refractivity contribution >= 4 is 15.9 Å². The molecule has 0 radical (unpaired) electrons. The molecule has 0 N–H and O–H groups in total. The highest BCUT2D eigenvalue weighted by Crippen LogP contribution is 2.26. The average Bonchev–Trinajstić information content (AvgIpc) is 2.15. The molecule has 0 saturated heterocycles. The molecule has 0 atom stereocenters. The second-order valence-corrected chi connectivity index (χ2v) is 3.45. The number of ether oxygens (including phenoxy) is 1. The fraction of sp³-hybridized carbons (Fsp3) is 0.111. The predicted molar refractivity (Wildman–Crippen MR) is 50.0 cm³/mol. The molecule has 15 heavy (non-hydrogen) atoms. The van der Waals surface area contributed by atoms with E-state index in [4.69, 9.17) is 0 Å². The van der Waals surface area contributed by atoms with Crippen molar-refractivity contribution in [3.63, 3.8) is 0 Å². The number of allylic oxidation sites excluding steroid dienone is 1. The number of alkyl halides is 3. The number of hydrogen-bond acceptors (Lipinski definition) is 1. The second-order valence-electron chi connectivity index (χ2n) is 2.54. The van der Waals surface area contributed by atoms with E-state index in [2.05, 4.69) is 20.7 Å². The number of hydrogen-bond donors (Lipinski definition) is 0. The maximum absolute atomic E-state index is 12.3. The Morgan fingerprint density at radius 3 is 2.20 bits per heavy atom. The van der Waals surface area contributed by atoms with E-state index < -0.39 is 12.0 Å². The van der Waals surface area contributed by atoms with Crippen LogP contribution in [-0.2, 0) is 0 Å². The molecule has 1 rings (SSSR count). The van der Waals surface area contributed by atoms with Gasteiger partial charge in [-0.15, -0.1) is 0 Å². The molecular weight excluding hydrogens is 280 g/mol. The Morgan fingerprint density at radius 2 is 1.73 bits per heavy atom. The van der Waals surface area contributed by atoms with E-state index in [1.54, 1.807) is 12.1 Å². The first-order valence-corrected chi connectivity index (χ1v) is 4.54. The summed E-state index contributed by atoms with van der Waals surface area (Å²) < 4.78 is 52.5. The van der Waals surface area contributed by atoms with E-state index >= 15 is 0 Å². The quantitative estimate of drug-likeness (QED) is 0.584. The minimum absolute atomic E-state index is 0.0310. The Morgan fingerprint density at radius 1 is 1.20 bits per heavy atom. The first kappa shape index (κ1) is 12.0.